The molecule has 1 aliphatic heterocycles. The van der Waals surface area contributed by atoms with E-state index in [-0.39, 0.29) is 5.38 Å². The van der Waals surface area contributed by atoms with Crippen LogP contribution in [0, 0.1) is 5.92 Å². The van der Waals surface area contributed by atoms with Crippen molar-refractivity contribution in [2.75, 3.05) is 25.1 Å². The van der Waals surface area contributed by atoms with Crippen LogP contribution in [-0.2, 0) is 0 Å². The number of anilines is 1. The van der Waals surface area contributed by atoms with Gasteiger partial charge in [-0.3, -0.25) is 0 Å². The summed E-state index contributed by atoms with van der Waals surface area (Å²) in [5, 5.41) is 5.69. The number of alkyl halides is 1. The minimum atomic E-state index is 0.180. The summed E-state index contributed by atoms with van der Waals surface area (Å²) in [7, 11) is 0. The summed E-state index contributed by atoms with van der Waals surface area (Å²) in [6, 6.07) is 5.99. The minimum Gasteiger partial charge on any atom is -0.486 e. The number of ether oxygens (including phenoxy) is 2. The van der Waals surface area contributed by atoms with E-state index in [1.807, 2.05) is 18.2 Å². The average Bonchev–Trinajstić information content (AvgIpc) is 3.35. The number of benzene rings is 1. The number of pyridine rings is 1. The van der Waals surface area contributed by atoms with Gasteiger partial charge in [-0.1, -0.05) is 0 Å². The predicted molar refractivity (Wildman–Crippen MR) is 83.6 cm³/mol. The van der Waals surface area contributed by atoms with Gasteiger partial charge in [-0.2, -0.15) is 0 Å². The van der Waals surface area contributed by atoms with Gasteiger partial charge in [0.1, 0.15) is 19.0 Å². The summed E-state index contributed by atoms with van der Waals surface area (Å²) in [4.78, 5) is 4.44. The first kappa shape index (κ1) is 13.0. The molecule has 4 nitrogen and oxygen atoms in total. The first-order chi connectivity index (χ1) is 10.3. The van der Waals surface area contributed by atoms with E-state index in [2.05, 4.69) is 10.3 Å². The van der Waals surface area contributed by atoms with Crippen molar-refractivity contribution < 1.29 is 9.47 Å². The molecule has 21 heavy (non-hydrogen) atoms. The molecule has 1 fully saturated rings. The molecule has 1 unspecified atom stereocenters. The predicted octanol–water partition coefficient (Wildman–Crippen LogP) is 3.44. The summed E-state index contributed by atoms with van der Waals surface area (Å²) in [5.74, 6) is 3.11. The lowest BCUT2D eigenvalue weighted by Gasteiger charge is -2.19. The van der Waals surface area contributed by atoms with Crippen LogP contribution in [0.3, 0.4) is 0 Å². The van der Waals surface area contributed by atoms with Gasteiger partial charge >= 0.3 is 0 Å². The highest BCUT2D eigenvalue weighted by Gasteiger charge is 2.29. The molecule has 0 spiro atoms. The number of nitrogens with zero attached hydrogens (tertiary/aromatic N) is 1. The Labute approximate surface area is 128 Å². The Balaban J connectivity index is 1.64. The molecule has 0 amide bonds. The van der Waals surface area contributed by atoms with Crippen LogP contribution in [0.2, 0.25) is 0 Å². The molecule has 2 aliphatic rings. The average molecular weight is 305 g/mol. The first-order valence-electron chi connectivity index (χ1n) is 7.37. The van der Waals surface area contributed by atoms with Gasteiger partial charge in [-0.05, 0) is 42.3 Å². The molecular formula is C16H17ClN2O2. The van der Waals surface area contributed by atoms with Crippen molar-refractivity contribution in [1.82, 2.24) is 4.98 Å². The second-order valence-corrected chi connectivity index (χ2v) is 6.17. The summed E-state index contributed by atoms with van der Waals surface area (Å²) in [6.07, 6.45) is 4.30. The lowest BCUT2D eigenvalue weighted by Crippen LogP contribution is -2.17. The lowest BCUT2D eigenvalue weighted by atomic mass is 10.1. The van der Waals surface area contributed by atoms with Crippen LogP contribution >= 0.6 is 11.6 Å². The Morgan fingerprint density at radius 1 is 1.24 bits per heavy atom. The van der Waals surface area contributed by atoms with Crippen molar-refractivity contribution in [2.45, 2.75) is 18.2 Å². The molecule has 2 aromatic rings. The van der Waals surface area contributed by atoms with E-state index < -0.39 is 0 Å². The van der Waals surface area contributed by atoms with E-state index in [4.69, 9.17) is 21.1 Å². The number of halogens is 1. The largest absolute Gasteiger partial charge is 0.486 e. The zero-order valence-corrected chi connectivity index (χ0v) is 12.4. The first-order valence-corrected chi connectivity index (χ1v) is 7.81. The Bertz CT molecular complexity index is 673. The Kier molecular flexibility index (Phi) is 3.26. The third-order valence-electron chi connectivity index (χ3n) is 4.03. The number of aromatic nitrogens is 1. The zero-order chi connectivity index (χ0) is 14.2. The summed E-state index contributed by atoms with van der Waals surface area (Å²) in [5.41, 5.74) is 0. The number of rotatable bonds is 4. The number of hydrogen-bond donors (Lipinski definition) is 1. The summed E-state index contributed by atoms with van der Waals surface area (Å²) >= 11 is 6.36. The maximum Gasteiger partial charge on any atom is 0.162 e. The highest BCUT2D eigenvalue weighted by Crippen LogP contribution is 2.38. The molecule has 1 aromatic heterocycles. The standard InChI is InChI=1S/C16H17ClN2O2/c17-13(10-1-2-10)9-19-16-12-8-15-14(20-5-6-21-15)7-11(12)3-4-18-16/h3-4,7-8,10,13H,1-2,5-6,9H2,(H,18,19). The van der Waals surface area contributed by atoms with Crippen LogP contribution in [0.4, 0.5) is 5.82 Å². The fraction of sp³-hybridized carbons (Fsp3) is 0.438. The van der Waals surface area contributed by atoms with Gasteiger partial charge in [0.05, 0.1) is 5.38 Å². The summed E-state index contributed by atoms with van der Waals surface area (Å²) < 4.78 is 11.3. The molecular weight excluding hydrogens is 288 g/mol. The fourth-order valence-electron chi connectivity index (χ4n) is 2.67. The molecule has 110 valence electrons. The Morgan fingerprint density at radius 3 is 2.76 bits per heavy atom. The van der Waals surface area contributed by atoms with Crippen LogP contribution in [-0.4, -0.2) is 30.1 Å². The van der Waals surface area contributed by atoms with Gasteiger partial charge in [0.25, 0.3) is 0 Å². The van der Waals surface area contributed by atoms with Crippen LogP contribution in [0.25, 0.3) is 10.8 Å². The number of nitrogens with one attached hydrogen (secondary N) is 1. The van der Waals surface area contributed by atoms with E-state index >= 15 is 0 Å². The normalized spacial score (nSPS) is 18.5. The second-order valence-electron chi connectivity index (χ2n) is 5.61. The van der Waals surface area contributed by atoms with Crippen LogP contribution in [0.5, 0.6) is 11.5 Å². The summed E-state index contributed by atoms with van der Waals surface area (Å²) in [6.45, 7) is 1.93. The van der Waals surface area contributed by atoms with Crippen molar-refractivity contribution in [1.29, 1.82) is 0 Å². The van der Waals surface area contributed by atoms with Crippen LogP contribution < -0.4 is 14.8 Å². The third-order valence-corrected chi connectivity index (χ3v) is 4.54. The smallest absolute Gasteiger partial charge is 0.162 e. The molecule has 1 saturated carbocycles. The second kappa shape index (κ2) is 5.26. The van der Waals surface area contributed by atoms with Crippen molar-refractivity contribution in [3.8, 4) is 11.5 Å². The molecule has 5 heteroatoms. The van der Waals surface area contributed by atoms with Gasteiger partial charge in [0, 0.05) is 18.1 Å². The molecule has 0 radical (unpaired) electrons. The molecule has 2 heterocycles. The number of fused-ring (bicyclic) bond motifs is 2. The molecule has 0 bridgehead atoms. The van der Waals surface area contributed by atoms with E-state index in [1.165, 1.54) is 12.8 Å². The topological polar surface area (TPSA) is 43.4 Å². The van der Waals surface area contributed by atoms with Crippen LogP contribution in [0.1, 0.15) is 12.8 Å². The van der Waals surface area contributed by atoms with Crippen molar-refractivity contribution >= 4 is 28.2 Å². The van der Waals surface area contributed by atoms with Crippen molar-refractivity contribution in [3.05, 3.63) is 24.4 Å². The maximum absolute atomic E-state index is 6.36. The van der Waals surface area contributed by atoms with Gasteiger partial charge in [-0.25, -0.2) is 4.98 Å². The Hall–Kier alpha value is -1.68. The lowest BCUT2D eigenvalue weighted by molar-refractivity contribution is 0.172. The highest BCUT2D eigenvalue weighted by atomic mass is 35.5. The van der Waals surface area contributed by atoms with E-state index in [0.717, 1.165) is 34.6 Å². The molecule has 1 aliphatic carbocycles. The quantitative estimate of drug-likeness (QED) is 0.879. The number of hydrogen-bond acceptors (Lipinski definition) is 4. The van der Waals surface area contributed by atoms with Crippen LogP contribution in [0.15, 0.2) is 24.4 Å². The van der Waals surface area contributed by atoms with Gasteiger partial charge in [-0.15, -0.1) is 11.6 Å². The van der Waals surface area contributed by atoms with Gasteiger partial charge in [0.15, 0.2) is 11.5 Å². The van der Waals surface area contributed by atoms with E-state index in [0.29, 0.717) is 19.1 Å². The van der Waals surface area contributed by atoms with E-state index in [1.54, 1.807) is 6.20 Å². The van der Waals surface area contributed by atoms with Gasteiger partial charge < -0.3 is 14.8 Å². The molecule has 1 aromatic carbocycles. The monoisotopic (exact) mass is 304 g/mol. The minimum absolute atomic E-state index is 0.180. The third kappa shape index (κ3) is 2.60. The molecule has 0 saturated heterocycles. The zero-order valence-electron chi connectivity index (χ0n) is 11.6. The fourth-order valence-corrected chi connectivity index (χ4v) is 3.00. The molecule has 1 atom stereocenters. The molecule has 4 rings (SSSR count). The highest BCUT2D eigenvalue weighted by molar-refractivity contribution is 6.21. The van der Waals surface area contributed by atoms with E-state index in [9.17, 15) is 0 Å². The SMILES string of the molecule is ClC(CNc1nccc2cc3c(cc12)OCCO3)C1CC1. The van der Waals surface area contributed by atoms with Crippen molar-refractivity contribution in [3.63, 3.8) is 0 Å². The van der Waals surface area contributed by atoms with Gasteiger partial charge in [0.2, 0.25) is 0 Å². The Morgan fingerprint density at radius 2 is 2.00 bits per heavy atom. The van der Waals surface area contributed by atoms with Crippen molar-refractivity contribution in [2.24, 2.45) is 5.92 Å². The maximum atomic E-state index is 6.36. The molecule has 1 N–H and O–H groups in total.